The maximum absolute atomic E-state index is 12.8. The summed E-state index contributed by atoms with van der Waals surface area (Å²) in [5, 5.41) is 13.8. The number of amides is 1. The van der Waals surface area contributed by atoms with Gasteiger partial charge in [-0.25, -0.2) is 0 Å². The van der Waals surface area contributed by atoms with Gasteiger partial charge in [0.25, 0.3) is 5.91 Å². The minimum absolute atomic E-state index is 0.125. The Bertz CT molecular complexity index is 810. The van der Waals surface area contributed by atoms with Gasteiger partial charge in [0.05, 0.1) is 0 Å². The Morgan fingerprint density at radius 2 is 1.75 bits per heavy atom. The van der Waals surface area contributed by atoms with Gasteiger partial charge in [-0.2, -0.15) is 0 Å². The molecule has 0 spiro atoms. The number of anilines is 1. The molecule has 1 N–H and O–H groups in total. The molecule has 28 heavy (non-hydrogen) atoms. The number of fused-ring (bicyclic) bond motifs is 1. The molecular weight excluding hydrogens is 350 g/mol. The Morgan fingerprint density at radius 3 is 2.50 bits per heavy atom. The molecule has 0 bridgehead atoms. The molecule has 0 radical (unpaired) electrons. The lowest BCUT2D eigenvalue weighted by Crippen LogP contribution is -2.38. The fraction of sp³-hybridized carbons (Fsp3) is 0.591. The number of nitrogens with one attached hydrogen (secondary N) is 1. The number of piperidine rings is 2. The summed E-state index contributed by atoms with van der Waals surface area (Å²) < 4.78 is 0. The van der Waals surface area contributed by atoms with E-state index >= 15 is 0 Å². The van der Waals surface area contributed by atoms with E-state index in [9.17, 15) is 4.79 Å². The molecule has 2 saturated heterocycles. The minimum Gasteiger partial charge on any atom is -0.355 e. The van der Waals surface area contributed by atoms with Gasteiger partial charge < -0.3 is 15.1 Å². The molecule has 1 aromatic carbocycles. The van der Waals surface area contributed by atoms with E-state index in [1.807, 2.05) is 18.2 Å². The lowest BCUT2D eigenvalue weighted by Gasteiger charge is -2.31. The van der Waals surface area contributed by atoms with Crippen molar-refractivity contribution in [2.24, 2.45) is 5.92 Å². The summed E-state index contributed by atoms with van der Waals surface area (Å²) in [5.41, 5.74) is 0.434. The van der Waals surface area contributed by atoms with E-state index in [2.05, 4.69) is 38.3 Å². The van der Waals surface area contributed by atoms with Crippen LogP contribution in [0.2, 0.25) is 0 Å². The molecule has 4 rings (SSSR count). The molecule has 0 atom stereocenters. The molecule has 6 nitrogen and oxygen atoms in total. The third kappa shape index (κ3) is 4.27. The summed E-state index contributed by atoms with van der Waals surface area (Å²) in [5.74, 6) is 1.55. The smallest absolute Gasteiger partial charge is 0.272 e. The largest absolute Gasteiger partial charge is 0.355 e. The first-order valence-corrected chi connectivity index (χ1v) is 10.7. The molecule has 2 aliphatic rings. The summed E-state index contributed by atoms with van der Waals surface area (Å²) >= 11 is 0. The molecule has 0 aliphatic carbocycles. The van der Waals surface area contributed by atoms with Gasteiger partial charge in [-0.15, -0.1) is 10.2 Å². The van der Waals surface area contributed by atoms with Gasteiger partial charge in [-0.1, -0.05) is 37.6 Å². The minimum atomic E-state index is -0.125. The van der Waals surface area contributed by atoms with E-state index in [1.165, 1.54) is 32.1 Å². The summed E-state index contributed by atoms with van der Waals surface area (Å²) in [6, 6.07) is 8.02. The van der Waals surface area contributed by atoms with Gasteiger partial charge in [0.2, 0.25) is 0 Å². The van der Waals surface area contributed by atoms with Gasteiger partial charge in [0.1, 0.15) is 0 Å². The van der Waals surface area contributed by atoms with Crippen molar-refractivity contribution in [1.82, 2.24) is 20.4 Å². The van der Waals surface area contributed by atoms with Crippen molar-refractivity contribution in [3.63, 3.8) is 0 Å². The van der Waals surface area contributed by atoms with Gasteiger partial charge in [-0.05, 0) is 44.7 Å². The van der Waals surface area contributed by atoms with Crippen molar-refractivity contribution in [2.75, 3.05) is 44.2 Å². The zero-order valence-corrected chi connectivity index (χ0v) is 16.9. The van der Waals surface area contributed by atoms with Crippen molar-refractivity contribution in [2.45, 2.75) is 39.0 Å². The van der Waals surface area contributed by atoms with E-state index in [0.29, 0.717) is 12.2 Å². The van der Waals surface area contributed by atoms with Crippen LogP contribution < -0.4 is 10.2 Å². The average molecular weight is 382 g/mol. The first-order valence-electron chi connectivity index (χ1n) is 10.7. The Hall–Kier alpha value is -2.21. The second-order valence-electron chi connectivity index (χ2n) is 8.25. The normalized spacial score (nSPS) is 19.1. The maximum Gasteiger partial charge on any atom is 0.272 e. The highest BCUT2D eigenvalue weighted by molar-refractivity contribution is 6.07. The summed E-state index contributed by atoms with van der Waals surface area (Å²) in [6.07, 6.45) is 6.21. The van der Waals surface area contributed by atoms with Crippen LogP contribution >= 0.6 is 0 Å². The van der Waals surface area contributed by atoms with Crippen LogP contribution in [0.4, 0.5) is 5.82 Å². The van der Waals surface area contributed by atoms with Crippen LogP contribution in [0.1, 0.15) is 49.5 Å². The zero-order chi connectivity index (χ0) is 19.3. The number of hydrogen-bond acceptors (Lipinski definition) is 5. The standard InChI is InChI=1S/C22H31N5O/c1-17-9-14-27(15-10-17)21-19-8-4-3-7-18(19)20(24-25-21)22(28)23-11-16-26-12-5-2-6-13-26/h3-4,7-8,17H,2,5-6,9-16H2,1H3,(H,23,28). The highest BCUT2D eigenvalue weighted by Crippen LogP contribution is 2.29. The SMILES string of the molecule is CC1CCN(c2nnc(C(=O)NCCN3CCCCC3)c3ccccc23)CC1. The van der Waals surface area contributed by atoms with E-state index in [1.54, 1.807) is 0 Å². The fourth-order valence-corrected chi connectivity index (χ4v) is 4.31. The van der Waals surface area contributed by atoms with Crippen LogP contribution in [0.25, 0.3) is 10.8 Å². The summed E-state index contributed by atoms with van der Waals surface area (Å²) in [4.78, 5) is 17.5. The molecular formula is C22H31N5O. The van der Waals surface area contributed by atoms with Crippen molar-refractivity contribution in [3.8, 4) is 0 Å². The number of aromatic nitrogens is 2. The Balaban J connectivity index is 1.48. The number of rotatable bonds is 5. The summed E-state index contributed by atoms with van der Waals surface area (Å²) in [7, 11) is 0. The topological polar surface area (TPSA) is 61.4 Å². The molecule has 2 aromatic rings. The first kappa shape index (κ1) is 19.1. The van der Waals surface area contributed by atoms with Gasteiger partial charge >= 0.3 is 0 Å². The highest BCUT2D eigenvalue weighted by atomic mass is 16.1. The molecule has 3 heterocycles. The van der Waals surface area contributed by atoms with Crippen molar-refractivity contribution < 1.29 is 4.79 Å². The van der Waals surface area contributed by atoms with Gasteiger partial charge in [-0.3, -0.25) is 4.79 Å². The maximum atomic E-state index is 12.8. The van der Waals surface area contributed by atoms with Crippen LogP contribution in [-0.2, 0) is 0 Å². The predicted octanol–water partition coefficient (Wildman–Crippen LogP) is 3.08. The van der Waals surface area contributed by atoms with Gasteiger partial charge in [0, 0.05) is 37.0 Å². The van der Waals surface area contributed by atoms with E-state index in [4.69, 9.17) is 0 Å². The Kier molecular flexibility index (Phi) is 6.05. The number of hydrogen-bond donors (Lipinski definition) is 1. The third-order valence-corrected chi connectivity index (χ3v) is 6.13. The fourth-order valence-electron chi connectivity index (χ4n) is 4.31. The number of likely N-dealkylation sites (tertiary alicyclic amines) is 1. The van der Waals surface area contributed by atoms with Crippen LogP contribution in [0, 0.1) is 5.92 Å². The van der Waals surface area contributed by atoms with E-state index in [0.717, 1.165) is 55.2 Å². The molecule has 0 saturated carbocycles. The molecule has 1 amide bonds. The van der Waals surface area contributed by atoms with Gasteiger partial charge in [0.15, 0.2) is 11.5 Å². The lowest BCUT2D eigenvalue weighted by molar-refractivity contribution is 0.0942. The molecule has 2 aliphatic heterocycles. The number of nitrogens with zero attached hydrogens (tertiary/aromatic N) is 4. The number of carbonyl (C=O) groups is 1. The van der Waals surface area contributed by atoms with Crippen LogP contribution in [-0.4, -0.2) is 60.3 Å². The molecule has 2 fully saturated rings. The van der Waals surface area contributed by atoms with Crippen molar-refractivity contribution >= 4 is 22.5 Å². The quantitative estimate of drug-likeness (QED) is 0.862. The molecule has 150 valence electrons. The highest BCUT2D eigenvalue weighted by Gasteiger charge is 2.22. The predicted molar refractivity (Wildman–Crippen MR) is 113 cm³/mol. The Morgan fingerprint density at radius 1 is 1.04 bits per heavy atom. The molecule has 0 unspecified atom stereocenters. The van der Waals surface area contributed by atoms with Crippen molar-refractivity contribution in [1.29, 1.82) is 0 Å². The van der Waals surface area contributed by atoms with Crippen LogP contribution in [0.3, 0.4) is 0 Å². The van der Waals surface area contributed by atoms with Crippen LogP contribution in [0.5, 0.6) is 0 Å². The monoisotopic (exact) mass is 381 g/mol. The van der Waals surface area contributed by atoms with E-state index in [-0.39, 0.29) is 5.91 Å². The first-order chi connectivity index (χ1) is 13.7. The zero-order valence-electron chi connectivity index (χ0n) is 16.9. The molecule has 1 aromatic heterocycles. The van der Waals surface area contributed by atoms with Crippen LogP contribution in [0.15, 0.2) is 24.3 Å². The Labute approximate surface area is 167 Å². The van der Waals surface area contributed by atoms with E-state index < -0.39 is 0 Å². The lowest BCUT2D eigenvalue weighted by atomic mass is 9.99. The third-order valence-electron chi connectivity index (χ3n) is 6.13. The number of benzene rings is 1. The number of carbonyl (C=O) groups excluding carboxylic acids is 1. The average Bonchev–Trinajstić information content (AvgIpc) is 2.74. The van der Waals surface area contributed by atoms with Crippen molar-refractivity contribution in [3.05, 3.63) is 30.0 Å². The second kappa shape index (κ2) is 8.86. The summed E-state index contributed by atoms with van der Waals surface area (Å²) in [6.45, 7) is 8.14. The molecule has 6 heteroatoms. The second-order valence-corrected chi connectivity index (χ2v) is 8.25.